The second-order valence-electron chi connectivity index (χ2n) is 4.10. The van der Waals surface area contributed by atoms with E-state index in [-0.39, 0.29) is 11.9 Å². The molecule has 5 heteroatoms. The van der Waals surface area contributed by atoms with E-state index in [1.807, 2.05) is 31.2 Å². The molecule has 0 aliphatic rings. The van der Waals surface area contributed by atoms with Gasteiger partial charge in [0.2, 0.25) is 0 Å². The Morgan fingerprint density at radius 3 is 2.56 bits per heavy atom. The van der Waals surface area contributed by atoms with Crippen molar-refractivity contribution in [1.82, 2.24) is 15.1 Å². The lowest BCUT2D eigenvalue weighted by atomic mass is 10.1. The van der Waals surface area contributed by atoms with E-state index in [2.05, 4.69) is 10.4 Å². The summed E-state index contributed by atoms with van der Waals surface area (Å²) >= 11 is 0. The first-order valence-corrected chi connectivity index (χ1v) is 5.75. The number of hydrogen-bond acceptors (Lipinski definition) is 3. The van der Waals surface area contributed by atoms with Crippen LogP contribution in [0.1, 0.15) is 29.0 Å². The maximum atomic E-state index is 11.4. The van der Waals surface area contributed by atoms with Crippen LogP contribution in [0, 0.1) is 0 Å². The molecule has 2 rings (SSSR count). The van der Waals surface area contributed by atoms with Crippen molar-refractivity contribution < 1.29 is 4.79 Å². The zero-order valence-electron chi connectivity index (χ0n) is 10.4. The average molecular weight is 244 g/mol. The normalized spacial score (nSPS) is 12.2. The SMILES string of the molecule is CNC(=O)c1ccn(-c2ccc([C@@H](C)N)cc2)n1. The number of rotatable bonds is 3. The van der Waals surface area contributed by atoms with Gasteiger partial charge in [0.25, 0.3) is 5.91 Å². The van der Waals surface area contributed by atoms with Crippen LogP contribution in [0.2, 0.25) is 0 Å². The molecule has 0 saturated carbocycles. The fourth-order valence-corrected chi connectivity index (χ4v) is 1.65. The number of carbonyl (C=O) groups excluding carboxylic acids is 1. The number of benzene rings is 1. The molecule has 0 spiro atoms. The molecule has 0 aliphatic heterocycles. The number of nitrogens with two attached hydrogens (primary N) is 1. The predicted molar refractivity (Wildman–Crippen MR) is 69.6 cm³/mol. The molecule has 1 atom stereocenters. The zero-order valence-corrected chi connectivity index (χ0v) is 10.4. The number of aromatic nitrogens is 2. The van der Waals surface area contributed by atoms with Gasteiger partial charge < -0.3 is 11.1 Å². The van der Waals surface area contributed by atoms with Gasteiger partial charge in [-0.2, -0.15) is 5.10 Å². The second-order valence-corrected chi connectivity index (χ2v) is 4.10. The largest absolute Gasteiger partial charge is 0.354 e. The van der Waals surface area contributed by atoms with Crippen LogP contribution in [0.3, 0.4) is 0 Å². The Kier molecular flexibility index (Phi) is 3.43. The molecular formula is C13H16N4O. The van der Waals surface area contributed by atoms with Crippen LogP contribution >= 0.6 is 0 Å². The molecule has 3 N–H and O–H groups in total. The maximum Gasteiger partial charge on any atom is 0.271 e. The van der Waals surface area contributed by atoms with E-state index in [9.17, 15) is 4.79 Å². The highest BCUT2D eigenvalue weighted by Gasteiger charge is 2.08. The summed E-state index contributed by atoms with van der Waals surface area (Å²) in [5.74, 6) is -0.194. The summed E-state index contributed by atoms with van der Waals surface area (Å²) in [7, 11) is 1.58. The summed E-state index contributed by atoms with van der Waals surface area (Å²) in [5, 5.41) is 6.74. The Labute approximate surface area is 106 Å². The summed E-state index contributed by atoms with van der Waals surface area (Å²) in [6.45, 7) is 1.94. The molecule has 5 nitrogen and oxygen atoms in total. The molecule has 0 unspecified atom stereocenters. The Hall–Kier alpha value is -2.14. The summed E-state index contributed by atoms with van der Waals surface area (Å²) in [4.78, 5) is 11.4. The van der Waals surface area contributed by atoms with E-state index in [0.717, 1.165) is 11.3 Å². The standard InChI is InChI=1S/C13H16N4O/c1-9(14)10-3-5-11(6-4-10)17-8-7-12(16-17)13(18)15-2/h3-9H,14H2,1-2H3,(H,15,18)/t9-/m1/s1. The maximum absolute atomic E-state index is 11.4. The molecule has 1 amide bonds. The Bertz CT molecular complexity index is 542. The molecule has 2 aromatic rings. The van der Waals surface area contributed by atoms with E-state index >= 15 is 0 Å². The number of amides is 1. The van der Waals surface area contributed by atoms with E-state index < -0.39 is 0 Å². The smallest absolute Gasteiger partial charge is 0.271 e. The van der Waals surface area contributed by atoms with Crippen molar-refractivity contribution >= 4 is 5.91 Å². The van der Waals surface area contributed by atoms with Crippen molar-refractivity contribution in [3.8, 4) is 5.69 Å². The summed E-state index contributed by atoms with van der Waals surface area (Å²) in [5.41, 5.74) is 8.15. The highest BCUT2D eigenvalue weighted by atomic mass is 16.1. The summed E-state index contributed by atoms with van der Waals surface area (Å²) in [6.07, 6.45) is 1.76. The molecule has 94 valence electrons. The van der Waals surface area contributed by atoms with Gasteiger partial charge >= 0.3 is 0 Å². The first-order valence-electron chi connectivity index (χ1n) is 5.75. The molecule has 18 heavy (non-hydrogen) atoms. The first kappa shape index (κ1) is 12.3. The molecule has 1 aromatic heterocycles. The van der Waals surface area contributed by atoms with Crippen LogP contribution in [0.5, 0.6) is 0 Å². The third-order valence-corrected chi connectivity index (χ3v) is 2.73. The van der Waals surface area contributed by atoms with E-state index in [0.29, 0.717) is 5.69 Å². The monoisotopic (exact) mass is 244 g/mol. The quantitative estimate of drug-likeness (QED) is 0.853. The Morgan fingerprint density at radius 2 is 2.00 bits per heavy atom. The fourth-order valence-electron chi connectivity index (χ4n) is 1.65. The Balaban J connectivity index is 2.26. The van der Waals surface area contributed by atoms with Crippen LogP contribution in [-0.2, 0) is 0 Å². The minimum absolute atomic E-state index is 0.0121. The van der Waals surface area contributed by atoms with Gasteiger partial charge in [0.15, 0.2) is 5.69 Å². The zero-order chi connectivity index (χ0) is 13.1. The fraction of sp³-hybridized carbons (Fsp3) is 0.231. The average Bonchev–Trinajstić information content (AvgIpc) is 2.87. The van der Waals surface area contributed by atoms with Crippen molar-refractivity contribution in [1.29, 1.82) is 0 Å². The number of nitrogens with zero attached hydrogens (tertiary/aromatic N) is 2. The van der Waals surface area contributed by atoms with Gasteiger partial charge in [-0.25, -0.2) is 4.68 Å². The van der Waals surface area contributed by atoms with Crippen LogP contribution in [-0.4, -0.2) is 22.7 Å². The third-order valence-electron chi connectivity index (χ3n) is 2.73. The van der Waals surface area contributed by atoms with E-state index in [1.165, 1.54) is 0 Å². The third kappa shape index (κ3) is 2.41. The molecule has 1 aromatic carbocycles. The van der Waals surface area contributed by atoms with Crippen LogP contribution < -0.4 is 11.1 Å². The van der Waals surface area contributed by atoms with Gasteiger partial charge in [0.1, 0.15) is 0 Å². The van der Waals surface area contributed by atoms with Crippen molar-refractivity contribution in [2.75, 3.05) is 7.05 Å². The lowest BCUT2D eigenvalue weighted by Gasteiger charge is -2.06. The molecule has 0 bridgehead atoms. The minimum Gasteiger partial charge on any atom is -0.354 e. The van der Waals surface area contributed by atoms with Gasteiger partial charge in [-0.05, 0) is 30.7 Å². The minimum atomic E-state index is -0.194. The summed E-state index contributed by atoms with van der Waals surface area (Å²) < 4.78 is 1.66. The molecule has 0 aliphatic carbocycles. The topological polar surface area (TPSA) is 72.9 Å². The lowest BCUT2D eigenvalue weighted by Crippen LogP contribution is -2.18. The predicted octanol–water partition coefficient (Wildman–Crippen LogP) is 1.25. The van der Waals surface area contributed by atoms with Gasteiger partial charge in [-0.1, -0.05) is 12.1 Å². The van der Waals surface area contributed by atoms with E-state index in [4.69, 9.17) is 5.73 Å². The number of hydrogen-bond donors (Lipinski definition) is 2. The molecule has 0 saturated heterocycles. The van der Waals surface area contributed by atoms with Crippen molar-refractivity contribution in [3.63, 3.8) is 0 Å². The molecule has 0 fully saturated rings. The van der Waals surface area contributed by atoms with Crippen molar-refractivity contribution in [2.24, 2.45) is 5.73 Å². The van der Waals surface area contributed by atoms with E-state index in [1.54, 1.807) is 24.0 Å². The lowest BCUT2D eigenvalue weighted by molar-refractivity contribution is 0.0957. The van der Waals surface area contributed by atoms with Gasteiger partial charge in [-0.3, -0.25) is 4.79 Å². The second kappa shape index (κ2) is 5.01. The highest BCUT2D eigenvalue weighted by Crippen LogP contribution is 2.13. The van der Waals surface area contributed by atoms with Crippen LogP contribution in [0.15, 0.2) is 36.5 Å². The summed E-state index contributed by atoms with van der Waals surface area (Å²) in [6, 6.07) is 9.47. The Morgan fingerprint density at radius 1 is 1.33 bits per heavy atom. The highest BCUT2D eigenvalue weighted by molar-refractivity contribution is 5.91. The molecular weight excluding hydrogens is 228 g/mol. The van der Waals surface area contributed by atoms with Gasteiger partial charge in [0, 0.05) is 19.3 Å². The molecule has 1 heterocycles. The van der Waals surface area contributed by atoms with Gasteiger partial charge in [0.05, 0.1) is 5.69 Å². The van der Waals surface area contributed by atoms with Gasteiger partial charge in [-0.15, -0.1) is 0 Å². The molecule has 0 radical (unpaired) electrons. The van der Waals surface area contributed by atoms with Crippen LogP contribution in [0.4, 0.5) is 0 Å². The van der Waals surface area contributed by atoms with Crippen LogP contribution in [0.25, 0.3) is 5.69 Å². The van der Waals surface area contributed by atoms with Crippen molar-refractivity contribution in [3.05, 3.63) is 47.8 Å². The first-order chi connectivity index (χ1) is 8.61. The number of nitrogens with one attached hydrogen (secondary N) is 1. The van der Waals surface area contributed by atoms with Crippen molar-refractivity contribution in [2.45, 2.75) is 13.0 Å². The number of carbonyl (C=O) groups is 1.